The second-order valence-electron chi connectivity index (χ2n) is 4.59. The van der Waals surface area contributed by atoms with Crippen molar-refractivity contribution >= 4 is 0 Å². The summed E-state index contributed by atoms with van der Waals surface area (Å²) in [4.78, 5) is 0. The van der Waals surface area contributed by atoms with Crippen molar-refractivity contribution in [3.63, 3.8) is 0 Å². The number of benzene rings is 2. The predicted molar refractivity (Wildman–Crippen MR) is 68.3 cm³/mol. The Kier molecular flexibility index (Phi) is 3.62. The number of rotatable bonds is 2. The van der Waals surface area contributed by atoms with E-state index in [1.807, 2.05) is 0 Å². The van der Waals surface area contributed by atoms with Crippen molar-refractivity contribution < 1.29 is 13.2 Å². The molecule has 0 aliphatic heterocycles. The van der Waals surface area contributed by atoms with E-state index < -0.39 is 23.5 Å². The Hall–Kier alpha value is -1.81. The van der Waals surface area contributed by atoms with E-state index in [-0.39, 0.29) is 11.1 Å². The maximum Gasteiger partial charge on any atom is 0.131 e. The lowest BCUT2D eigenvalue weighted by atomic mass is 9.93. The molecule has 100 valence electrons. The number of hydrogen-bond donors (Lipinski definition) is 1. The van der Waals surface area contributed by atoms with Crippen LogP contribution in [0, 0.1) is 31.3 Å². The molecule has 1 atom stereocenters. The first kappa shape index (κ1) is 13.6. The molecule has 0 bridgehead atoms. The lowest BCUT2D eigenvalue weighted by Crippen LogP contribution is -2.18. The van der Waals surface area contributed by atoms with Crippen LogP contribution >= 0.6 is 0 Å². The minimum atomic E-state index is -1.17. The molecule has 0 aliphatic carbocycles. The van der Waals surface area contributed by atoms with Gasteiger partial charge in [-0.25, -0.2) is 13.2 Å². The largest absolute Gasteiger partial charge is 0.320 e. The molecule has 2 aromatic carbocycles. The van der Waals surface area contributed by atoms with Crippen LogP contribution in [-0.2, 0) is 0 Å². The van der Waals surface area contributed by atoms with E-state index in [0.29, 0.717) is 5.56 Å². The first-order valence-corrected chi connectivity index (χ1v) is 5.88. The molecule has 0 spiro atoms. The molecule has 2 rings (SSSR count). The molecular formula is C15H14F3N. The summed E-state index contributed by atoms with van der Waals surface area (Å²) in [5.74, 6) is -2.09. The van der Waals surface area contributed by atoms with Gasteiger partial charge in [0.2, 0.25) is 0 Å². The van der Waals surface area contributed by atoms with Gasteiger partial charge in [-0.3, -0.25) is 0 Å². The van der Waals surface area contributed by atoms with E-state index >= 15 is 0 Å². The molecule has 0 fully saturated rings. The number of halogens is 3. The topological polar surface area (TPSA) is 26.0 Å². The summed E-state index contributed by atoms with van der Waals surface area (Å²) in [5.41, 5.74) is 6.97. The van der Waals surface area contributed by atoms with Gasteiger partial charge in [0.05, 0.1) is 6.04 Å². The van der Waals surface area contributed by atoms with Crippen molar-refractivity contribution in [2.24, 2.45) is 5.73 Å². The van der Waals surface area contributed by atoms with Gasteiger partial charge in [-0.2, -0.15) is 0 Å². The highest BCUT2D eigenvalue weighted by atomic mass is 19.1. The first-order chi connectivity index (χ1) is 8.91. The van der Waals surface area contributed by atoms with Crippen molar-refractivity contribution in [2.75, 3.05) is 0 Å². The molecule has 4 heteroatoms. The van der Waals surface area contributed by atoms with Crippen LogP contribution in [0.15, 0.2) is 30.3 Å². The maximum absolute atomic E-state index is 14.0. The second kappa shape index (κ2) is 5.05. The molecule has 19 heavy (non-hydrogen) atoms. The molecule has 0 saturated heterocycles. The second-order valence-corrected chi connectivity index (χ2v) is 4.59. The van der Waals surface area contributed by atoms with Crippen molar-refractivity contribution in [2.45, 2.75) is 19.9 Å². The lowest BCUT2D eigenvalue weighted by Gasteiger charge is -2.18. The number of nitrogens with two attached hydrogens (primary N) is 1. The molecule has 0 saturated carbocycles. The van der Waals surface area contributed by atoms with E-state index in [0.717, 1.165) is 17.7 Å². The quantitative estimate of drug-likeness (QED) is 0.878. The van der Waals surface area contributed by atoms with Crippen molar-refractivity contribution in [3.8, 4) is 0 Å². The number of aryl methyl sites for hydroxylation is 2. The van der Waals surface area contributed by atoms with Gasteiger partial charge in [-0.05, 0) is 43.2 Å². The molecule has 0 amide bonds. The zero-order valence-electron chi connectivity index (χ0n) is 10.7. The van der Waals surface area contributed by atoms with E-state index in [2.05, 4.69) is 0 Å². The predicted octanol–water partition coefficient (Wildman–Crippen LogP) is 3.77. The third-order valence-corrected chi connectivity index (χ3v) is 3.10. The normalized spacial score (nSPS) is 12.5. The standard InChI is InChI=1S/C15H14F3N/c1-8-6-9(2)13(12(18)7-8)15(19)14-10(16)4-3-5-11(14)17/h3-7,15H,19H2,1-2H3. The minimum absolute atomic E-state index is 0.120. The molecule has 1 unspecified atom stereocenters. The Morgan fingerprint density at radius 1 is 0.895 bits per heavy atom. The van der Waals surface area contributed by atoms with Gasteiger partial charge < -0.3 is 5.73 Å². The highest BCUT2D eigenvalue weighted by molar-refractivity contribution is 5.40. The fraction of sp³-hybridized carbons (Fsp3) is 0.200. The summed E-state index contributed by atoms with van der Waals surface area (Å²) in [6, 6.07) is 5.35. The Morgan fingerprint density at radius 2 is 1.47 bits per heavy atom. The minimum Gasteiger partial charge on any atom is -0.320 e. The molecule has 0 radical (unpaired) electrons. The molecule has 0 aromatic heterocycles. The third-order valence-electron chi connectivity index (χ3n) is 3.10. The SMILES string of the molecule is Cc1cc(C)c(C(N)c2c(F)cccc2F)c(F)c1. The average Bonchev–Trinajstić information content (AvgIpc) is 2.26. The summed E-state index contributed by atoms with van der Waals surface area (Å²) < 4.78 is 41.4. The van der Waals surface area contributed by atoms with Crippen LogP contribution in [0.5, 0.6) is 0 Å². The summed E-state index contributed by atoms with van der Waals surface area (Å²) >= 11 is 0. The van der Waals surface area contributed by atoms with Gasteiger partial charge >= 0.3 is 0 Å². The van der Waals surface area contributed by atoms with Crippen molar-refractivity contribution in [1.29, 1.82) is 0 Å². The monoisotopic (exact) mass is 265 g/mol. The average molecular weight is 265 g/mol. The smallest absolute Gasteiger partial charge is 0.131 e. The van der Waals surface area contributed by atoms with Crippen molar-refractivity contribution in [1.82, 2.24) is 0 Å². The summed E-state index contributed by atoms with van der Waals surface area (Å²) in [6.45, 7) is 3.42. The van der Waals surface area contributed by atoms with Crippen LogP contribution in [0.3, 0.4) is 0 Å². The Morgan fingerprint density at radius 3 is 2.00 bits per heavy atom. The third kappa shape index (κ3) is 2.49. The van der Waals surface area contributed by atoms with Crippen LogP contribution in [0.1, 0.15) is 28.3 Å². The molecule has 2 N–H and O–H groups in total. The fourth-order valence-electron chi connectivity index (χ4n) is 2.27. The van der Waals surface area contributed by atoms with Crippen molar-refractivity contribution in [3.05, 3.63) is 70.0 Å². The van der Waals surface area contributed by atoms with E-state index in [4.69, 9.17) is 5.73 Å². The summed E-state index contributed by atoms with van der Waals surface area (Å²) in [6.07, 6.45) is 0. The van der Waals surface area contributed by atoms with Gasteiger partial charge in [0, 0.05) is 11.1 Å². The summed E-state index contributed by atoms with van der Waals surface area (Å²) in [7, 11) is 0. The molecule has 0 aliphatic rings. The molecule has 0 heterocycles. The van der Waals surface area contributed by atoms with Gasteiger partial charge in [0.1, 0.15) is 17.5 Å². The van der Waals surface area contributed by atoms with E-state index in [9.17, 15) is 13.2 Å². The Labute approximate surface area is 109 Å². The fourth-order valence-corrected chi connectivity index (χ4v) is 2.27. The van der Waals surface area contributed by atoms with Gasteiger partial charge in [0.25, 0.3) is 0 Å². The Bertz CT molecular complexity index is 580. The zero-order chi connectivity index (χ0) is 14.2. The van der Waals surface area contributed by atoms with Crippen LogP contribution in [0.2, 0.25) is 0 Å². The molecule has 1 nitrogen and oxygen atoms in total. The van der Waals surface area contributed by atoms with Gasteiger partial charge in [0.15, 0.2) is 0 Å². The highest BCUT2D eigenvalue weighted by Gasteiger charge is 2.22. The van der Waals surface area contributed by atoms with Gasteiger partial charge in [-0.15, -0.1) is 0 Å². The first-order valence-electron chi connectivity index (χ1n) is 5.88. The summed E-state index contributed by atoms with van der Waals surface area (Å²) in [5, 5.41) is 0. The van der Waals surface area contributed by atoms with E-state index in [1.165, 1.54) is 12.1 Å². The van der Waals surface area contributed by atoms with E-state index in [1.54, 1.807) is 19.9 Å². The maximum atomic E-state index is 14.0. The van der Waals surface area contributed by atoms with Crippen LogP contribution < -0.4 is 5.73 Å². The Balaban J connectivity index is 2.60. The van der Waals surface area contributed by atoms with Crippen LogP contribution in [0.4, 0.5) is 13.2 Å². The lowest BCUT2D eigenvalue weighted by molar-refractivity contribution is 0.531. The number of hydrogen-bond acceptors (Lipinski definition) is 1. The van der Waals surface area contributed by atoms with Crippen LogP contribution in [-0.4, -0.2) is 0 Å². The molecular weight excluding hydrogens is 251 g/mol. The highest BCUT2D eigenvalue weighted by Crippen LogP contribution is 2.29. The molecule has 2 aromatic rings. The zero-order valence-corrected chi connectivity index (χ0v) is 10.7. The van der Waals surface area contributed by atoms with Gasteiger partial charge in [-0.1, -0.05) is 12.1 Å². The van der Waals surface area contributed by atoms with Crippen LogP contribution in [0.25, 0.3) is 0 Å².